The number of anilines is 1. The first-order chi connectivity index (χ1) is 11.8. The summed E-state index contributed by atoms with van der Waals surface area (Å²) < 4.78 is 0. The van der Waals surface area contributed by atoms with Crippen molar-refractivity contribution in [3.63, 3.8) is 0 Å². The zero-order valence-corrected chi connectivity index (χ0v) is 14.1. The quantitative estimate of drug-likeness (QED) is 0.790. The molecule has 6 heteroatoms. The first-order valence-corrected chi connectivity index (χ1v) is 8.60. The minimum absolute atomic E-state index is 0.183. The minimum Gasteiger partial charge on any atom is -0.338 e. The first-order valence-electron chi connectivity index (χ1n) is 8.60. The van der Waals surface area contributed by atoms with E-state index in [1.807, 2.05) is 13.0 Å². The Kier molecular flexibility index (Phi) is 5.48. The summed E-state index contributed by atoms with van der Waals surface area (Å²) in [5.74, 6) is 0.363. The fourth-order valence-corrected chi connectivity index (χ4v) is 3.31. The summed E-state index contributed by atoms with van der Waals surface area (Å²) in [6.45, 7) is 5.55. The van der Waals surface area contributed by atoms with E-state index < -0.39 is 0 Å². The van der Waals surface area contributed by atoms with E-state index in [1.54, 1.807) is 6.20 Å². The lowest BCUT2D eigenvalue weighted by Crippen LogP contribution is -2.34. The molecule has 3 N–H and O–H groups in total. The van der Waals surface area contributed by atoms with E-state index in [0.717, 1.165) is 43.9 Å². The highest BCUT2D eigenvalue weighted by atomic mass is 16.2. The molecule has 24 heavy (non-hydrogen) atoms. The molecule has 0 aliphatic carbocycles. The first kappa shape index (κ1) is 16.5. The van der Waals surface area contributed by atoms with Crippen LogP contribution < -0.4 is 10.6 Å². The monoisotopic (exact) mass is 327 g/mol. The molecule has 0 radical (unpaired) electrons. The molecule has 1 saturated heterocycles. The molecule has 128 valence electrons. The maximum absolute atomic E-state index is 11.8. The number of hydrogen-bond donors (Lipinski definition) is 3. The van der Waals surface area contributed by atoms with Crippen LogP contribution in [-0.2, 0) is 6.54 Å². The van der Waals surface area contributed by atoms with Gasteiger partial charge in [0.1, 0.15) is 0 Å². The second-order valence-corrected chi connectivity index (χ2v) is 6.24. The molecule has 6 nitrogen and oxygen atoms in total. The van der Waals surface area contributed by atoms with Crippen LogP contribution in [0.5, 0.6) is 0 Å². The topological polar surface area (TPSA) is 73.0 Å². The van der Waals surface area contributed by atoms with Gasteiger partial charge in [-0.3, -0.25) is 10.00 Å². The molecule has 1 aliphatic heterocycles. The Morgan fingerprint density at radius 1 is 1.38 bits per heavy atom. The van der Waals surface area contributed by atoms with E-state index in [0.29, 0.717) is 12.5 Å². The number of rotatable bonds is 5. The second-order valence-electron chi connectivity index (χ2n) is 6.24. The van der Waals surface area contributed by atoms with Gasteiger partial charge in [0.05, 0.1) is 17.6 Å². The molecular weight excluding hydrogens is 302 g/mol. The van der Waals surface area contributed by atoms with Crippen LogP contribution in [0.4, 0.5) is 10.5 Å². The third kappa shape index (κ3) is 4.14. The van der Waals surface area contributed by atoms with Gasteiger partial charge in [0.15, 0.2) is 0 Å². The number of nitrogens with one attached hydrogen (secondary N) is 3. The van der Waals surface area contributed by atoms with Gasteiger partial charge in [-0.25, -0.2) is 4.79 Å². The average Bonchev–Trinajstić information content (AvgIpc) is 3.04. The van der Waals surface area contributed by atoms with Crippen LogP contribution in [0.15, 0.2) is 36.5 Å². The second kappa shape index (κ2) is 7.97. The molecule has 1 aromatic heterocycles. The molecule has 1 aliphatic rings. The Morgan fingerprint density at radius 3 is 3.00 bits per heavy atom. The third-order valence-electron chi connectivity index (χ3n) is 4.42. The van der Waals surface area contributed by atoms with Crippen molar-refractivity contribution in [3.05, 3.63) is 47.8 Å². The molecule has 0 saturated carbocycles. The normalized spacial score (nSPS) is 18.3. The van der Waals surface area contributed by atoms with Crippen LogP contribution in [0, 0.1) is 0 Å². The van der Waals surface area contributed by atoms with Crippen molar-refractivity contribution in [1.29, 1.82) is 0 Å². The number of amides is 2. The molecule has 2 heterocycles. The molecular formula is C18H25N5O. The van der Waals surface area contributed by atoms with Crippen molar-refractivity contribution in [2.24, 2.45) is 0 Å². The molecule has 2 aromatic rings. The number of urea groups is 1. The van der Waals surface area contributed by atoms with Crippen molar-refractivity contribution in [2.75, 3.05) is 25.0 Å². The minimum atomic E-state index is -0.183. The average molecular weight is 327 g/mol. The number of carbonyl (C=O) groups excluding carboxylic acids is 1. The Morgan fingerprint density at radius 2 is 2.21 bits per heavy atom. The fraction of sp³-hybridized carbons (Fsp3) is 0.444. The zero-order valence-electron chi connectivity index (χ0n) is 14.1. The van der Waals surface area contributed by atoms with Gasteiger partial charge >= 0.3 is 6.03 Å². The maximum atomic E-state index is 11.8. The smallest absolute Gasteiger partial charge is 0.319 e. The molecule has 1 fully saturated rings. The van der Waals surface area contributed by atoms with Gasteiger partial charge in [-0.05, 0) is 31.9 Å². The van der Waals surface area contributed by atoms with E-state index in [9.17, 15) is 4.79 Å². The van der Waals surface area contributed by atoms with Gasteiger partial charge in [0.25, 0.3) is 0 Å². The Balaban J connectivity index is 1.65. The summed E-state index contributed by atoms with van der Waals surface area (Å²) in [7, 11) is 0. The Labute approximate surface area is 142 Å². The number of nitrogens with zero attached hydrogens (tertiary/aromatic N) is 2. The van der Waals surface area contributed by atoms with E-state index in [2.05, 4.69) is 50.0 Å². The van der Waals surface area contributed by atoms with Crippen molar-refractivity contribution >= 4 is 11.7 Å². The van der Waals surface area contributed by atoms with Crippen molar-refractivity contribution < 1.29 is 4.79 Å². The van der Waals surface area contributed by atoms with Gasteiger partial charge in [0.2, 0.25) is 0 Å². The number of hydrogen-bond acceptors (Lipinski definition) is 3. The molecule has 1 atom stereocenters. The van der Waals surface area contributed by atoms with Crippen molar-refractivity contribution in [3.8, 4) is 0 Å². The largest absolute Gasteiger partial charge is 0.338 e. The number of piperidine rings is 1. The lowest BCUT2D eigenvalue weighted by atomic mass is 9.93. The van der Waals surface area contributed by atoms with Crippen LogP contribution in [-0.4, -0.2) is 40.8 Å². The summed E-state index contributed by atoms with van der Waals surface area (Å²) in [5, 5.41) is 12.9. The zero-order chi connectivity index (χ0) is 16.8. The Hall–Kier alpha value is -2.34. The number of aromatic nitrogens is 2. The number of benzene rings is 1. The summed E-state index contributed by atoms with van der Waals surface area (Å²) >= 11 is 0. The molecule has 1 aromatic carbocycles. The van der Waals surface area contributed by atoms with Gasteiger partial charge in [-0.15, -0.1) is 0 Å². The standard InChI is InChI=1S/C18H25N5O/c1-2-19-18(24)21-16-11-20-22-17(16)15-9-6-10-23(13-15)12-14-7-4-3-5-8-14/h3-5,7-8,11,15H,2,6,9-10,12-13H2,1H3,(H,20,22)(H2,19,21,24). The summed E-state index contributed by atoms with van der Waals surface area (Å²) in [5.41, 5.74) is 3.15. The van der Waals surface area contributed by atoms with Crippen LogP contribution in [0.25, 0.3) is 0 Å². The SMILES string of the molecule is CCNC(=O)Nc1cn[nH]c1C1CCCN(Cc2ccccc2)C1. The lowest BCUT2D eigenvalue weighted by molar-refractivity contribution is 0.198. The van der Waals surface area contributed by atoms with E-state index in [1.165, 1.54) is 5.56 Å². The van der Waals surface area contributed by atoms with E-state index >= 15 is 0 Å². The summed E-state index contributed by atoms with van der Waals surface area (Å²) in [6, 6.07) is 10.4. The van der Waals surface area contributed by atoms with Crippen LogP contribution in [0.1, 0.15) is 36.9 Å². The van der Waals surface area contributed by atoms with Crippen molar-refractivity contribution in [1.82, 2.24) is 20.4 Å². The van der Waals surface area contributed by atoms with Gasteiger partial charge in [-0.1, -0.05) is 30.3 Å². The molecule has 3 rings (SSSR count). The molecule has 1 unspecified atom stereocenters. The number of likely N-dealkylation sites (tertiary alicyclic amines) is 1. The number of H-pyrrole nitrogens is 1. The maximum Gasteiger partial charge on any atom is 0.319 e. The fourth-order valence-electron chi connectivity index (χ4n) is 3.31. The molecule has 2 amide bonds. The predicted molar refractivity (Wildman–Crippen MR) is 95.0 cm³/mol. The van der Waals surface area contributed by atoms with Gasteiger partial charge in [0, 0.05) is 25.6 Å². The number of carbonyl (C=O) groups is 1. The van der Waals surface area contributed by atoms with Crippen LogP contribution >= 0.6 is 0 Å². The van der Waals surface area contributed by atoms with Crippen LogP contribution in [0.3, 0.4) is 0 Å². The van der Waals surface area contributed by atoms with Gasteiger partial charge in [-0.2, -0.15) is 5.10 Å². The highest BCUT2D eigenvalue weighted by Crippen LogP contribution is 2.30. The number of aromatic amines is 1. The highest BCUT2D eigenvalue weighted by Gasteiger charge is 2.25. The summed E-state index contributed by atoms with van der Waals surface area (Å²) in [4.78, 5) is 14.2. The lowest BCUT2D eigenvalue weighted by Gasteiger charge is -2.32. The van der Waals surface area contributed by atoms with E-state index in [4.69, 9.17) is 0 Å². The molecule has 0 spiro atoms. The van der Waals surface area contributed by atoms with Crippen molar-refractivity contribution in [2.45, 2.75) is 32.2 Å². The van der Waals surface area contributed by atoms with Crippen LogP contribution in [0.2, 0.25) is 0 Å². The molecule has 0 bridgehead atoms. The van der Waals surface area contributed by atoms with E-state index in [-0.39, 0.29) is 6.03 Å². The predicted octanol–water partition coefficient (Wildman–Crippen LogP) is 2.93. The third-order valence-corrected chi connectivity index (χ3v) is 4.42. The van der Waals surface area contributed by atoms with Gasteiger partial charge < -0.3 is 10.6 Å². The Bertz CT molecular complexity index is 654. The summed E-state index contributed by atoms with van der Waals surface area (Å²) in [6.07, 6.45) is 3.95. The highest BCUT2D eigenvalue weighted by molar-refractivity contribution is 5.89.